The predicted octanol–water partition coefficient (Wildman–Crippen LogP) is 4.69. The Balaban J connectivity index is 1.87. The third-order valence-electron chi connectivity index (χ3n) is 3.68. The summed E-state index contributed by atoms with van der Waals surface area (Å²) in [4.78, 5) is 13.6. The van der Waals surface area contributed by atoms with Crippen molar-refractivity contribution >= 4 is 11.7 Å². The number of furan rings is 1. The highest BCUT2D eigenvalue weighted by Crippen LogP contribution is 2.23. The fourth-order valence-corrected chi connectivity index (χ4v) is 2.51. The van der Waals surface area contributed by atoms with E-state index in [2.05, 4.69) is 29.2 Å². The van der Waals surface area contributed by atoms with E-state index < -0.39 is 0 Å². The van der Waals surface area contributed by atoms with Crippen molar-refractivity contribution < 1.29 is 9.21 Å². The Morgan fingerprint density at radius 3 is 1.78 bits per heavy atom. The van der Waals surface area contributed by atoms with Gasteiger partial charge in [-0.2, -0.15) is 0 Å². The molecule has 0 N–H and O–H groups in total. The topological polar surface area (TPSA) is 33.5 Å². The largest absolute Gasteiger partial charge is 0.437 e. The van der Waals surface area contributed by atoms with Gasteiger partial charge in [0.25, 0.3) is 0 Å². The molecule has 3 nitrogen and oxygen atoms in total. The average molecular weight is 305 g/mol. The van der Waals surface area contributed by atoms with E-state index in [-0.39, 0.29) is 5.78 Å². The van der Waals surface area contributed by atoms with Crippen LogP contribution < -0.4 is 4.90 Å². The summed E-state index contributed by atoms with van der Waals surface area (Å²) in [5.74, 6) is 1.05. The second-order valence-corrected chi connectivity index (χ2v) is 5.52. The SMILES string of the molecule is CC(=O)c1ccc(N(Cc2ccccc2)Cc2ccccc2)o1. The fourth-order valence-electron chi connectivity index (χ4n) is 2.51. The van der Waals surface area contributed by atoms with Gasteiger partial charge in [0.2, 0.25) is 0 Å². The molecule has 0 atom stereocenters. The molecule has 3 rings (SSSR count). The van der Waals surface area contributed by atoms with Crippen molar-refractivity contribution in [2.24, 2.45) is 0 Å². The number of benzene rings is 2. The van der Waals surface area contributed by atoms with E-state index in [1.165, 1.54) is 18.1 Å². The summed E-state index contributed by atoms with van der Waals surface area (Å²) in [6.07, 6.45) is 0. The summed E-state index contributed by atoms with van der Waals surface area (Å²) in [6, 6.07) is 24.1. The van der Waals surface area contributed by atoms with Crippen molar-refractivity contribution in [3.63, 3.8) is 0 Å². The molecule has 3 aromatic rings. The van der Waals surface area contributed by atoms with Crippen LogP contribution in [0, 0.1) is 0 Å². The molecule has 23 heavy (non-hydrogen) atoms. The Morgan fingerprint density at radius 1 is 0.826 bits per heavy atom. The minimum Gasteiger partial charge on any atom is -0.437 e. The molecule has 0 radical (unpaired) electrons. The first-order valence-corrected chi connectivity index (χ1v) is 7.66. The maximum Gasteiger partial charge on any atom is 0.196 e. The van der Waals surface area contributed by atoms with Gasteiger partial charge in [-0.1, -0.05) is 60.7 Å². The van der Waals surface area contributed by atoms with Crippen LogP contribution in [0.3, 0.4) is 0 Å². The lowest BCUT2D eigenvalue weighted by Gasteiger charge is -2.22. The van der Waals surface area contributed by atoms with Crippen LogP contribution in [0.1, 0.15) is 28.6 Å². The maximum atomic E-state index is 11.5. The van der Waals surface area contributed by atoms with Crippen LogP contribution in [-0.4, -0.2) is 5.78 Å². The first-order valence-electron chi connectivity index (χ1n) is 7.66. The number of Topliss-reactive ketones (excluding diaryl/α,β-unsaturated/α-hetero) is 1. The van der Waals surface area contributed by atoms with Crippen LogP contribution >= 0.6 is 0 Å². The van der Waals surface area contributed by atoms with Gasteiger partial charge in [-0.25, -0.2) is 0 Å². The summed E-state index contributed by atoms with van der Waals surface area (Å²) >= 11 is 0. The van der Waals surface area contributed by atoms with E-state index in [4.69, 9.17) is 4.42 Å². The van der Waals surface area contributed by atoms with Crippen LogP contribution in [0.4, 0.5) is 5.88 Å². The molecule has 1 aromatic heterocycles. The number of nitrogens with zero attached hydrogens (tertiary/aromatic N) is 1. The van der Waals surface area contributed by atoms with Gasteiger partial charge < -0.3 is 9.32 Å². The van der Waals surface area contributed by atoms with Gasteiger partial charge in [0.1, 0.15) is 0 Å². The molecule has 1 heterocycles. The van der Waals surface area contributed by atoms with Crippen molar-refractivity contribution in [2.45, 2.75) is 20.0 Å². The van der Waals surface area contributed by atoms with Crippen LogP contribution in [-0.2, 0) is 13.1 Å². The van der Waals surface area contributed by atoms with Crippen molar-refractivity contribution in [1.82, 2.24) is 0 Å². The molecular formula is C20H19NO2. The van der Waals surface area contributed by atoms with E-state index >= 15 is 0 Å². The van der Waals surface area contributed by atoms with E-state index in [1.54, 1.807) is 6.07 Å². The highest BCUT2D eigenvalue weighted by Gasteiger charge is 2.14. The van der Waals surface area contributed by atoms with Gasteiger partial charge in [-0.05, 0) is 17.2 Å². The zero-order chi connectivity index (χ0) is 16.1. The zero-order valence-electron chi connectivity index (χ0n) is 13.1. The molecule has 2 aromatic carbocycles. The van der Waals surface area contributed by atoms with Crippen LogP contribution in [0.2, 0.25) is 0 Å². The molecule has 0 saturated heterocycles. The van der Waals surface area contributed by atoms with Gasteiger partial charge in [0.15, 0.2) is 17.4 Å². The molecule has 0 saturated carbocycles. The predicted molar refractivity (Wildman–Crippen MR) is 91.5 cm³/mol. The number of anilines is 1. The van der Waals surface area contributed by atoms with Crippen LogP contribution in [0.25, 0.3) is 0 Å². The summed E-state index contributed by atoms with van der Waals surface area (Å²) in [6.45, 7) is 2.96. The van der Waals surface area contributed by atoms with Gasteiger partial charge in [0.05, 0.1) is 0 Å². The van der Waals surface area contributed by atoms with Gasteiger partial charge in [0, 0.05) is 26.1 Å². The molecule has 0 unspecified atom stereocenters. The lowest BCUT2D eigenvalue weighted by atomic mass is 10.1. The Morgan fingerprint density at radius 2 is 1.35 bits per heavy atom. The molecule has 0 aliphatic carbocycles. The lowest BCUT2D eigenvalue weighted by Crippen LogP contribution is -2.21. The Kier molecular flexibility index (Phi) is 4.57. The Bertz CT molecular complexity index is 721. The second kappa shape index (κ2) is 6.97. The van der Waals surface area contributed by atoms with Crippen molar-refractivity contribution in [1.29, 1.82) is 0 Å². The molecule has 0 bridgehead atoms. The normalized spacial score (nSPS) is 10.5. The summed E-state index contributed by atoms with van der Waals surface area (Å²) < 4.78 is 5.73. The van der Waals surface area contributed by atoms with E-state index in [1.807, 2.05) is 42.5 Å². The highest BCUT2D eigenvalue weighted by molar-refractivity contribution is 5.91. The first-order chi connectivity index (χ1) is 11.2. The molecule has 0 amide bonds. The molecule has 0 fully saturated rings. The standard InChI is InChI=1S/C20H19NO2/c1-16(22)19-12-13-20(23-19)21(14-17-8-4-2-5-9-17)15-18-10-6-3-7-11-18/h2-13H,14-15H2,1H3. The van der Waals surface area contributed by atoms with Crippen molar-refractivity contribution in [3.8, 4) is 0 Å². The minimum absolute atomic E-state index is 0.0596. The molecule has 116 valence electrons. The summed E-state index contributed by atoms with van der Waals surface area (Å²) in [5, 5.41) is 0. The summed E-state index contributed by atoms with van der Waals surface area (Å²) in [5.41, 5.74) is 2.40. The zero-order valence-corrected chi connectivity index (χ0v) is 13.1. The van der Waals surface area contributed by atoms with Crippen molar-refractivity contribution in [3.05, 3.63) is 89.7 Å². The maximum absolute atomic E-state index is 11.5. The number of rotatable bonds is 6. The van der Waals surface area contributed by atoms with E-state index in [0.717, 1.165) is 13.1 Å². The molecule has 3 heteroatoms. The van der Waals surface area contributed by atoms with Crippen LogP contribution in [0.15, 0.2) is 77.2 Å². The van der Waals surface area contributed by atoms with Gasteiger partial charge in [-0.15, -0.1) is 0 Å². The lowest BCUT2D eigenvalue weighted by molar-refractivity contribution is 0.0987. The number of hydrogen-bond donors (Lipinski definition) is 0. The molecule has 0 spiro atoms. The highest BCUT2D eigenvalue weighted by atomic mass is 16.4. The van der Waals surface area contributed by atoms with Gasteiger partial charge in [-0.3, -0.25) is 4.79 Å². The molecular weight excluding hydrogens is 286 g/mol. The van der Waals surface area contributed by atoms with Crippen molar-refractivity contribution in [2.75, 3.05) is 4.90 Å². The Labute approximate surface area is 136 Å². The molecule has 0 aliphatic rings. The monoisotopic (exact) mass is 305 g/mol. The number of carbonyl (C=O) groups is 1. The molecule has 0 aliphatic heterocycles. The second-order valence-electron chi connectivity index (χ2n) is 5.52. The number of ketones is 1. The third-order valence-corrected chi connectivity index (χ3v) is 3.68. The Hall–Kier alpha value is -2.81. The van der Waals surface area contributed by atoms with Crippen LogP contribution in [0.5, 0.6) is 0 Å². The van der Waals surface area contributed by atoms with E-state index in [0.29, 0.717) is 11.6 Å². The minimum atomic E-state index is -0.0596. The number of carbonyl (C=O) groups excluding carboxylic acids is 1. The van der Waals surface area contributed by atoms with Gasteiger partial charge >= 0.3 is 0 Å². The smallest absolute Gasteiger partial charge is 0.196 e. The third kappa shape index (κ3) is 3.89. The summed E-state index contributed by atoms with van der Waals surface area (Å²) in [7, 11) is 0. The first kappa shape index (κ1) is 15.1. The number of hydrogen-bond acceptors (Lipinski definition) is 3. The van der Waals surface area contributed by atoms with E-state index in [9.17, 15) is 4.79 Å². The quantitative estimate of drug-likeness (QED) is 0.619. The fraction of sp³-hybridized carbons (Fsp3) is 0.150. The average Bonchev–Trinajstić information content (AvgIpc) is 3.06.